The summed E-state index contributed by atoms with van der Waals surface area (Å²) >= 11 is 0. The van der Waals surface area contributed by atoms with Crippen LogP contribution in [0.15, 0.2) is 29.2 Å². The van der Waals surface area contributed by atoms with E-state index in [1.54, 1.807) is 0 Å². The highest BCUT2D eigenvalue weighted by atomic mass is 16.7. The summed E-state index contributed by atoms with van der Waals surface area (Å²) in [4.78, 5) is 25.8. The van der Waals surface area contributed by atoms with Gasteiger partial charge in [-0.1, -0.05) is 6.07 Å². The minimum Gasteiger partial charge on any atom is -0.385 e. The molecule has 0 fully saturated rings. The third-order valence-electron chi connectivity index (χ3n) is 1.12. The van der Waals surface area contributed by atoms with Crippen LogP contribution in [-0.4, -0.2) is 22.4 Å². The number of pyridine rings is 1. The molecule has 1 rings (SSSR count). The van der Waals surface area contributed by atoms with E-state index in [9.17, 15) is 9.59 Å². The minimum atomic E-state index is -0.872. The van der Waals surface area contributed by atoms with Crippen LogP contribution in [0.25, 0.3) is 0 Å². The Morgan fingerprint density at radius 1 is 1.58 bits per heavy atom. The summed E-state index contributed by atoms with van der Waals surface area (Å²) in [5, 5.41) is 8.30. The van der Waals surface area contributed by atoms with Crippen molar-refractivity contribution in [2.45, 2.75) is 0 Å². The Morgan fingerprint density at radius 2 is 2.33 bits per heavy atom. The van der Waals surface area contributed by atoms with E-state index in [0.29, 0.717) is 0 Å². The Kier molecular flexibility index (Phi) is 2.60. The number of aromatic nitrogens is 1. The van der Waals surface area contributed by atoms with Crippen molar-refractivity contribution in [1.29, 1.82) is 0 Å². The number of aliphatic hydroxyl groups excluding tert-OH is 1. The fourth-order valence-electron chi connectivity index (χ4n) is 0.627. The van der Waals surface area contributed by atoms with E-state index in [4.69, 9.17) is 5.11 Å². The van der Waals surface area contributed by atoms with Gasteiger partial charge in [0.05, 0.1) is 0 Å². The number of aliphatic hydroxyl groups is 1. The van der Waals surface area contributed by atoms with Gasteiger partial charge in [0, 0.05) is 12.3 Å². The molecule has 5 nitrogen and oxygen atoms in total. The van der Waals surface area contributed by atoms with Crippen LogP contribution in [0.4, 0.5) is 0 Å². The third kappa shape index (κ3) is 1.93. The van der Waals surface area contributed by atoms with Crippen LogP contribution < -0.4 is 10.4 Å². The molecule has 12 heavy (non-hydrogen) atoms. The Labute approximate surface area is 67.8 Å². The van der Waals surface area contributed by atoms with E-state index in [0.717, 1.165) is 4.73 Å². The lowest BCUT2D eigenvalue weighted by molar-refractivity contribution is -0.147. The number of rotatable bonds is 2. The molecule has 0 amide bonds. The first-order chi connectivity index (χ1) is 5.74. The lowest BCUT2D eigenvalue weighted by Gasteiger charge is -2.02. The predicted molar refractivity (Wildman–Crippen MR) is 39.4 cm³/mol. The van der Waals surface area contributed by atoms with Gasteiger partial charge in [-0.15, -0.1) is 4.73 Å². The number of carbonyl (C=O) groups is 1. The van der Waals surface area contributed by atoms with Crippen LogP contribution in [0.3, 0.4) is 0 Å². The molecule has 0 radical (unpaired) electrons. The van der Waals surface area contributed by atoms with Crippen molar-refractivity contribution < 1.29 is 14.7 Å². The van der Waals surface area contributed by atoms with Crippen LogP contribution in [0.2, 0.25) is 0 Å². The average Bonchev–Trinajstić information content (AvgIpc) is 2.09. The molecule has 5 heteroatoms. The van der Waals surface area contributed by atoms with Gasteiger partial charge >= 0.3 is 5.97 Å². The van der Waals surface area contributed by atoms with Crippen molar-refractivity contribution in [3.8, 4) is 0 Å². The molecule has 1 aromatic rings. The zero-order valence-corrected chi connectivity index (χ0v) is 6.14. The van der Waals surface area contributed by atoms with Gasteiger partial charge < -0.3 is 9.94 Å². The first-order valence-corrected chi connectivity index (χ1v) is 3.24. The maximum atomic E-state index is 10.9. The van der Waals surface area contributed by atoms with Gasteiger partial charge in [-0.2, -0.15) is 0 Å². The summed E-state index contributed by atoms with van der Waals surface area (Å²) in [6, 6.07) is 4.29. The summed E-state index contributed by atoms with van der Waals surface area (Å²) < 4.78 is 0.749. The number of nitrogens with zero attached hydrogens (tertiary/aromatic N) is 1. The van der Waals surface area contributed by atoms with Crippen molar-refractivity contribution in [2.24, 2.45) is 0 Å². The van der Waals surface area contributed by atoms with Gasteiger partial charge in [-0.3, -0.25) is 4.79 Å². The Hall–Kier alpha value is -1.62. The molecule has 1 N–H and O–H groups in total. The van der Waals surface area contributed by atoms with Crippen molar-refractivity contribution in [3.05, 3.63) is 34.7 Å². The highest BCUT2D eigenvalue weighted by Crippen LogP contribution is 1.77. The predicted octanol–water partition coefficient (Wildman–Crippen LogP) is -1.20. The minimum absolute atomic E-state index is 0.459. The maximum Gasteiger partial charge on any atom is 0.358 e. The third-order valence-corrected chi connectivity index (χ3v) is 1.12. The highest BCUT2D eigenvalue weighted by Gasteiger charge is 2.01. The molecule has 0 aromatic carbocycles. The van der Waals surface area contributed by atoms with Gasteiger partial charge in [0.15, 0.2) is 0 Å². The molecular formula is C7H7NO4. The molecule has 0 aliphatic rings. The molecule has 0 unspecified atom stereocenters. The van der Waals surface area contributed by atoms with E-state index >= 15 is 0 Å². The average molecular weight is 169 g/mol. The molecular weight excluding hydrogens is 162 g/mol. The van der Waals surface area contributed by atoms with Crippen LogP contribution in [0.5, 0.6) is 0 Å². The molecule has 0 saturated heterocycles. The van der Waals surface area contributed by atoms with E-state index in [1.807, 2.05) is 0 Å². The normalized spacial score (nSPS) is 9.42. The summed E-state index contributed by atoms with van der Waals surface area (Å²) in [6.07, 6.45) is 1.29. The first-order valence-electron chi connectivity index (χ1n) is 3.24. The zero-order chi connectivity index (χ0) is 8.97. The van der Waals surface area contributed by atoms with Crippen molar-refractivity contribution >= 4 is 5.97 Å². The zero-order valence-electron chi connectivity index (χ0n) is 6.14. The van der Waals surface area contributed by atoms with Crippen LogP contribution in [-0.2, 0) is 4.79 Å². The van der Waals surface area contributed by atoms with Crippen LogP contribution in [0.1, 0.15) is 0 Å². The smallest absolute Gasteiger partial charge is 0.358 e. The topological polar surface area (TPSA) is 68.5 Å². The first kappa shape index (κ1) is 8.48. The van der Waals surface area contributed by atoms with E-state index < -0.39 is 18.1 Å². The Morgan fingerprint density at radius 3 is 2.92 bits per heavy atom. The summed E-state index contributed by atoms with van der Waals surface area (Å²) in [6.45, 7) is -0.749. The summed E-state index contributed by atoms with van der Waals surface area (Å²) in [5.74, 6) is -0.872. The van der Waals surface area contributed by atoms with E-state index in [-0.39, 0.29) is 0 Å². The van der Waals surface area contributed by atoms with Gasteiger partial charge in [0.2, 0.25) is 0 Å². The van der Waals surface area contributed by atoms with Gasteiger partial charge in [-0.25, -0.2) is 4.79 Å². The van der Waals surface area contributed by atoms with Crippen LogP contribution in [0, 0.1) is 0 Å². The number of hydrogen-bond donors (Lipinski definition) is 1. The number of hydrogen-bond acceptors (Lipinski definition) is 4. The highest BCUT2D eigenvalue weighted by molar-refractivity contribution is 5.70. The second kappa shape index (κ2) is 3.68. The Bertz CT molecular complexity index is 330. The second-order valence-electron chi connectivity index (χ2n) is 1.99. The molecule has 0 spiro atoms. The van der Waals surface area contributed by atoms with Crippen molar-refractivity contribution in [1.82, 2.24) is 4.73 Å². The quantitative estimate of drug-likeness (QED) is 0.603. The molecule has 0 bridgehead atoms. The fourth-order valence-corrected chi connectivity index (χ4v) is 0.627. The lowest BCUT2D eigenvalue weighted by Crippen LogP contribution is -2.31. The van der Waals surface area contributed by atoms with Gasteiger partial charge in [-0.05, 0) is 6.07 Å². The number of carbonyl (C=O) groups excluding carboxylic acids is 1. The fraction of sp³-hybridized carbons (Fsp3) is 0.143. The van der Waals surface area contributed by atoms with E-state index in [2.05, 4.69) is 4.84 Å². The van der Waals surface area contributed by atoms with Crippen molar-refractivity contribution in [2.75, 3.05) is 6.61 Å². The van der Waals surface area contributed by atoms with E-state index in [1.165, 1.54) is 24.4 Å². The SMILES string of the molecule is O=C(CO)On1ccccc1=O. The largest absolute Gasteiger partial charge is 0.385 e. The molecule has 1 aromatic heterocycles. The molecule has 0 saturated carbocycles. The maximum absolute atomic E-state index is 10.9. The molecule has 64 valence electrons. The standard InChI is InChI=1S/C7H7NO4/c9-5-7(11)12-8-4-2-1-3-6(8)10/h1-4,9H,5H2. The van der Waals surface area contributed by atoms with Gasteiger partial charge in [0.1, 0.15) is 6.61 Å². The molecule has 0 aliphatic heterocycles. The molecule has 0 aliphatic carbocycles. The van der Waals surface area contributed by atoms with Gasteiger partial charge in [0.25, 0.3) is 5.56 Å². The molecule has 0 atom stereocenters. The molecule has 1 heterocycles. The summed E-state index contributed by atoms with van der Waals surface area (Å²) in [7, 11) is 0. The van der Waals surface area contributed by atoms with Crippen molar-refractivity contribution in [3.63, 3.8) is 0 Å². The Balaban J connectivity index is 2.83. The van der Waals surface area contributed by atoms with Crippen LogP contribution >= 0.6 is 0 Å². The summed E-state index contributed by atoms with van der Waals surface area (Å²) in [5.41, 5.74) is -0.459. The monoisotopic (exact) mass is 169 g/mol. The lowest BCUT2D eigenvalue weighted by atomic mass is 10.5. The second-order valence-corrected chi connectivity index (χ2v) is 1.99.